The SMILES string of the molecule is CC1CC(=O)c2c(CC(=O)O)cc(O)cc2O1. The van der Waals surface area contributed by atoms with Gasteiger partial charge in [-0.1, -0.05) is 0 Å². The lowest BCUT2D eigenvalue weighted by molar-refractivity contribution is -0.136. The van der Waals surface area contributed by atoms with E-state index in [2.05, 4.69) is 0 Å². The van der Waals surface area contributed by atoms with Crippen LogP contribution in [0, 0.1) is 0 Å². The van der Waals surface area contributed by atoms with Crippen LogP contribution in [-0.2, 0) is 11.2 Å². The summed E-state index contributed by atoms with van der Waals surface area (Å²) in [6, 6.07) is 2.64. The van der Waals surface area contributed by atoms with E-state index in [1.807, 2.05) is 0 Å². The standard InChI is InChI=1S/C12H12O5/c1-6-2-9(14)12-7(4-11(15)16)3-8(13)5-10(12)17-6/h3,5-6,13H,2,4H2,1H3,(H,15,16). The molecule has 0 aliphatic carbocycles. The lowest BCUT2D eigenvalue weighted by Gasteiger charge is -2.24. The Morgan fingerprint density at radius 3 is 2.88 bits per heavy atom. The number of carboxylic acids is 1. The smallest absolute Gasteiger partial charge is 0.307 e. The summed E-state index contributed by atoms with van der Waals surface area (Å²) >= 11 is 0. The summed E-state index contributed by atoms with van der Waals surface area (Å²) in [4.78, 5) is 22.6. The summed E-state index contributed by atoms with van der Waals surface area (Å²) < 4.78 is 5.43. The van der Waals surface area contributed by atoms with Crippen molar-refractivity contribution < 1.29 is 24.5 Å². The molecule has 1 aromatic carbocycles. The zero-order valence-electron chi connectivity index (χ0n) is 9.27. The van der Waals surface area contributed by atoms with Gasteiger partial charge in [-0.15, -0.1) is 0 Å². The van der Waals surface area contributed by atoms with Crippen LogP contribution in [0.2, 0.25) is 0 Å². The molecule has 2 N–H and O–H groups in total. The monoisotopic (exact) mass is 236 g/mol. The highest BCUT2D eigenvalue weighted by Gasteiger charge is 2.27. The van der Waals surface area contributed by atoms with Crippen LogP contribution in [0.3, 0.4) is 0 Å². The van der Waals surface area contributed by atoms with E-state index >= 15 is 0 Å². The predicted molar refractivity (Wildman–Crippen MR) is 58.5 cm³/mol. The fourth-order valence-electron chi connectivity index (χ4n) is 1.99. The van der Waals surface area contributed by atoms with Gasteiger partial charge in [0.15, 0.2) is 5.78 Å². The molecule has 1 aromatic rings. The van der Waals surface area contributed by atoms with E-state index < -0.39 is 5.97 Å². The number of Topliss-reactive ketones (excluding diaryl/α,β-unsaturated/α-hetero) is 1. The molecule has 0 bridgehead atoms. The fraction of sp³-hybridized carbons (Fsp3) is 0.333. The molecule has 17 heavy (non-hydrogen) atoms. The molecule has 0 amide bonds. The molecule has 0 aromatic heterocycles. The molecular weight excluding hydrogens is 224 g/mol. The highest BCUT2D eigenvalue weighted by molar-refractivity contribution is 6.02. The fourth-order valence-corrected chi connectivity index (χ4v) is 1.99. The van der Waals surface area contributed by atoms with Crippen LogP contribution >= 0.6 is 0 Å². The number of carbonyl (C=O) groups excluding carboxylic acids is 1. The summed E-state index contributed by atoms with van der Waals surface area (Å²) in [5, 5.41) is 18.2. The van der Waals surface area contributed by atoms with Gasteiger partial charge < -0.3 is 14.9 Å². The molecule has 1 unspecified atom stereocenters. The number of aliphatic carboxylic acids is 1. The van der Waals surface area contributed by atoms with Crippen molar-refractivity contribution in [2.45, 2.75) is 25.9 Å². The van der Waals surface area contributed by atoms with Gasteiger partial charge in [0, 0.05) is 12.5 Å². The van der Waals surface area contributed by atoms with Crippen LogP contribution in [0.15, 0.2) is 12.1 Å². The van der Waals surface area contributed by atoms with Crippen LogP contribution in [0.5, 0.6) is 11.5 Å². The lowest BCUT2D eigenvalue weighted by Crippen LogP contribution is -2.25. The number of ketones is 1. The first-order valence-electron chi connectivity index (χ1n) is 5.25. The second kappa shape index (κ2) is 4.08. The Hall–Kier alpha value is -2.04. The van der Waals surface area contributed by atoms with Crippen molar-refractivity contribution in [3.63, 3.8) is 0 Å². The summed E-state index contributed by atoms with van der Waals surface area (Å²) in [5.41, 5.74) is 0.577. The third-order valence-electron chi connectivity index (χ3n) is 2.59. The van der Waals surface area contributed by atoms with Crippen LogP contribution in [0.25, 0.3) is 0 Å². The molecule has 0 spiro atoms. The van der Waals surface area contributed by atoms with Gasteiger partial charge >= 0.3 is 5.97 Å². The Morgan fingerprint density at radius 2 is 2.24 bits per heavy atom. The van der Waals surface area contributed by atoms with Gasteiger partial charge in [0.1, 0.15) is 17.6 Å². The van der Waals surface area contributed by atoms with Gasteiger partial charge in [-0.25, -0.2) is 0 Å². The first-order valence-corrected chi connectivity index (χ1v) is 5.25. The third kappa shape index (κ3) is 2.22. The average molecular weight is 236 g/mol. The summed E-state index contributed by atoms with van der Waals surface area (Å²) in [7, 11) is 0. The van der Waals surface area contributed by atoms with E-state index in [4.69, 9.17) is 9.84 Å². The molecule has 0 fully saturated rings. The minimum Gasteiger partial charge on any atom is -0.508 e. The van der Waals surface area contributed by atoms with Crippen molar-refractivity contribution in [3.05, 3.63) is 23.3 Å². The topological polar surface area (TPSA) is 83.8 Å². The number of phenolic OH excluding ortho intramolecular Hbond substituents is 1. The van der Waals surface area contributed by atoms with Gasteiger partial charge in [-0.05, 0) is 18.6 Å². The van der Waals surface area contributed by atoms with E-state index in [1.165, 1.54) is 12.1 Å². The normalized spacial score (nSPS) is 18.4. The summed E-state index contributed by atoms with van der Waals surface area (Å²) in [6.45, 7) is 1.75. The van der Waals surface area contributed by atoms with E-state index in [0.717, 1.165) is 0 Å². The molecule has 1 aliphatic heterocycles. The maximum atomic E-state index is 11.9. The number of hydrogen-bond acceptors (Lipinski definition) is 4. The average Bonchev–Trinajstić information content (AvgIpc) is 2.13. The Morgan fingerprint density at radius 1 is 1.53 bits per heavy atom. The number of hydrogen-bond donors (Lipinski definition) is 2. The molecule has 2 rings (SSSR count). The Kier molecular flexibility index (Phi) is 2.75. The number of carbonyl (C=O) groups is 2. The molecule has 1 heterocycles. The molecule has 0 saturated carbocycles. The molecule has 1 aliphatic rings. The predicted octanol–water partition coefficient (Wildman–Crippen LogP) is 1.37. The minimum absolute atomic E-state index is 0.0955. The van der Waals surface area contributed by atoms with E-state index in [1.54, 1.807) is 6.92 Å². The number of phenols is 1. The largest absolute Gasteiger partial charge is 0.508 e. The Bertz CT molecular complexity index is 492. The van der Waals surface area contributed by atoms with Gasteiger partial charge in [-0.3, -0.25) is 9.59 Å². The van der Waals surface area contributed by atoms with Crippen molar-refractivity contribution >= 4 is 11.8 Å². The zero-order chi connectivity index (χ0) is 12.6. The van der Waals surface area contributed by atoms with Crippen LogP contribution in [-0.4, -0.2) is 28.1 Å². The highest BCUT2D eigenvalue weighted by Crippen LogP contribution is 2.34. The van der Waals surface area contributed by atoms with Gasteiger partial charge in [0.2, 0.25) is 0 Å². The highest BCUT2D eigenvalue weighted by atomic mass is 16.5. The zero-order valence-corrected chi connectivity index (χ0v) is 9.27. The third-order valence-corrected chi connectivity index (χ3v) is 2.59. The van der Waals surface area contributed by atoms with Crippen LogP contribution in [0.1, 0.15) is 29.3 Å². The number of ether oxygens (including phenoxy) is 1. The van der Waals surface area contributed by atoms with Gasteiger partial charge in [0.05, 0.1) is 12.0 Å². The number of benzene rings is 1. The molecule has 1 atom stereocenters. The van der Waals surface area contributed by atoms with Crippen molar-refractivity contribution in [1.82, 2.24) is 0 Å². The molecule has 0 saturated heterocycles. The van der Waals surface area contributed by atoms with Crippen LogP contribution < -0.4 is 4.74 Å². The molecule has 0 radical (unpaired) electrons. The first-order chi connectivity index (χ1) is 7.97. The van der Waals surface area contributed by atoms with E-state index in [0.29, 0.717) is 5.56 Å². The van der Waals surface area contributed by atoms with Crippen molar-refractivity contribution in [2.24, 2.45) is 0 Å². The van der Waals surface area contributed by atoms with Crippen molar-refractivity contribution in [2.75, 3.05) is 0 Å². The summed E-state index contributed by atoms with van der Waals surface area (Å²) in [6.07, 6.45) is -0.334. The number of aromatic hydroxyl groups is 1. The quantitative estimate of drug-likeness (QED) is 0.810. The van der Waals surface area contributed by atoms with E-state index in [-0.39, 0.29) is 41.8 Å². The second-order valence-corrected chi connectivity index (χ2v) is 4.10. The van der Waals surface area contributed by atoms with Crippen LogP contribution in [0.4, 0.5) is 0 Å². The van der Waals surface area contributed by atoms with E-state index in [9.17, 15) is 14.7 Å². The number of carboxylic acid groups (broad SMARTS) is 1. The molecular formula is C12H12O5. The second-order valence-electron chi connectivity index (χ2n) is 4.10. The van der Waals surface area contributed by atoms with Gasteiger partial charge in [-0.2, -0.15) is 0 Å². The first kappa shape index (κ1) is 11.4. The minimum atomic E-state index is -1.05. The molecule has 90 valence electrons. The molecule has 5 nitrogen and oxygen atoms in total. The Balaban J connectivity index is 2.53. The van der Waals surface area contributed by atoms with Crippen molar-refractivity contribution in [3.8, 4) is 11.5 Å². The Labute approximate surface area is 97.6 Å². The lowest BCUT2D eigenvalue weighted by atomic mass is 9.94. The summed E-state index contributed by atoms with van der Waals surface area (Å²) in [5.74, 6) is -1.02. The maximum Gasteiger partial charge on any atom is 0.307 e. The number of rotatable bonds is 2. The number of fused-ring (bicyclic) bond motifs is 1. The van der Waals surface area contributed by atoms with Gasteiger partial charge in [0.25, 0.3) is 0 Å². The molecule has 5 heteroatoms. The maximum absolute atomic E-state index is 11.9. The van der Waals surface area contributed by atoms with Crippen molar-refractivity contribution in [1.29, 1.82) is 0 Å².